The van der Waals surface area contributed by atoms with E-state index < -0.39 is 0 Å². The predicted octanol–water partition coefficient (Wildman–Crippen LogP) is 2.73. The van der Waals surface area contributed by atoms with Crippen molar-refractivity contribution in [3.8, 4) is 0 Å². The minimum atomic E-state index is -0.130. The summed E-state index contributed by atoms with van der Waals surface area (Å²) < 4.78 is 11.6. The highest BCUT2D eigenvalue weighted by Gasteiger charge is 2.40. The summed E-state index contributed by atoms with van der Waals surface area (Å²) in [6.45, 7) is 8.66. The molecular formula is C14H29NO2. The topological polar surface area (TPSA) is 44.5 Å². The molecule has 1 saturated carbocycles. The van der Waals surface area contributed by atoms with Gasteiger partial charge in [-0.05, 0) is 44.9 Å². The largest absolute Gasteiger partial charge is 0.380 e. The van der Waals surface area contributed by atoms with Crippen molar-refractivity contribution in [2.24, 2.45) is 11.7 Å². The summed E-state index contributed by atoms with van der Waals surface area (Å²) in [7, 11) is 0. The van der Waals surface area contributed by atoms with Crippen LogP contribution in [0.4, 0.5) is 0 Å². The summed E-state index contributed by atoms with van der Waals surface area (Å²) in [5.74, 6) is 0.812. The monoisotopic (exact) mass is 243 g/mol. The molecule has 0 saturated heterocycles. The van der Waals surface area contributed by atoms with Crippen molar-refractivity contribution in [1.82, 2.24) is 0 Å². The molecule has 3 heteroatoms. The molecule has 0 aromatic carbocycles. The number of rotatable bonds is 7. The zero-order valence-corrected chi connectivity index (χ0v) is 11.7. The van der Waals surface area contributed by atoms with Crippen molar-refractivity contribution in [3.05, 3.63) is 0 Å². The maximum atomic E-state index is 6.31. The van der Waals surface area contributed by atoms with E-state index >= 15 is 0 Å². The first-order valence-electron chi connectivity index (χ1n) is 7.12. The first-order valence-corrected chi connectivity index (χ1v) is 7.12. The Morgan fingerprint density at radius 2 is 1.94 bits per heavy atom. The minimum absolute atomic E-state index is 0.0153. The standard InChI is InChI=1S/C14H29NO2/c1-4-10-16-11-13(15)14(17-5-2)8-6-12(3)7-9-14/h12-13H,4-11,15H2,1-3H3. The Morgan fingerprint density at radius 1 is 1.29 bits per heavy atom. The third-order valence-electron chi connectivity index (χ3n) is 3.87. The molecule has 0 aromatic rings. The number of hydrogen-bond donors (Lipinski definition) is 1. The summed E-state index contributed by atoms with van der Waals surface area (Å²) in [5, 5.41) is 0. The molecule has 1 unspecified atom stereocenters. The Labute approximate surface area is 106 Å². The lowest BCUT2D eigenvalue weighted by molar-refractivity contribution is -0.102. The van der Waals surface area contributed by atoms with Crippen LogP contribution in [0, 0.1) is 5.92 Å². The molecule has 0 aliphatic heterocycles. The molecule has 1 rings (SSSR count). The zero-order chi connectivity index (χ0) is 12.7. The number of hydrogen-bond acceptors (Lipinski definition) is 3. The molecule has 0 radical (unpaired) electrons. The van der Waals surface area contributed by atoms with Gasteiger partial charge < -0.3 is 15.2 Å². The third-order valence-corrected chi connectivity index (χ3v) is 3.87. The van der Waals surface area contributed by atoms with E-state index in [1.165, 1.54) is 12.8 Å². The summed E-state index contributed by atoms with van der Waals surface area (Å²) in [6, 6.07) is 0.0153. The molecule has 1 aliphatic rings. The Balaban J connectivity index is 2.51. The van der Waals surface area contributed by atoms with E-state index in [1.54, 1.807) is 0 Å². The summed E-state index contributed by atoms with van der Waals surface area (Å²) in [4.78, 5) is 0. The Kier molecular flexibility index (Phi) is 6.45. The zero-order valence-electron chi connectivity index (χ0n) is 11.7. The van der Waals surface area contributed by atoms with Crippen LogP contribution in [0.5, 0.6) is 0 Å². The average Bonchev–Trinajstić information content (AvgIpc) is 2.33. The minimum Gasteiger partial charge on any atom is -0.380 e. The van der Waals surface area contributed by atoms with Gasteiger partial charge in [-0.3, -0.25) is 0 Å². The quantitative estimate of drug-likeness (QED) is 0.699. The van der Waals surface area contributed by atoms with Crippen LogP contribution in [0.1, 0.15) is 52.9 Å². The summed E-state index contributed by atoms with van der Waals surface area (Å²) in [6.07, 6.45) is 5.66. The van der Waals surface area contributed by atoms with E-state index in [4.69, 9.17) is 15.2 Å². The number of nitrogens with two attached hydrogens (primary N) is 1. The van der Waals surface area contributed by atoms with Crippen molar-refractivity contribution < 1.29 is 9.47 Å². The molecule has 0 heterocycles. The summed E-state index contributed by atoms with van der Waals surface area (Å²) >= 11 is 0. The first kappa shape index (κ1) is 14.9. The molecule has 1 aliphatic carbocycles. The van der Waals surface area contributed by atoms with E-state index in [0.717, 1.165) is 38.4 Å². The molecular weight excluding hydrogens is 214 g/mol. The molecule has 0 aromatic heterocycles. The lowest BCUT2D eigenvalue weighted by Crippen LogP contribution is -2.54. The van der Waals surface area contributed by atoms with Gasteiger partial charge in [0.05, 0.1) is 18.2 Å². The van der Waals surface area contributed by atoms with Gasteiger partial charge in [0.15, 0.2) is 0 Å². The van der Waals surface area contributed by atoms with Gasteiger partial charge in [-0.15, -0.1) is 0 Å². The van der Waals surface area contributed by atoms with Crippen molar-refractivity contribution in [1.29, 1.82) is 0 Å². The molecule has 0 bridgehead atoms. The van der Waals surface area contributed by atoms with Gasteiger partial charge in [-0.1, -0.05) is 13.8 Å². The molecule has 17 heavy (non-hydrogen) atoms. The van der Waals surface area contributed by atoms with E-state index in [1.807, 2.05) is 0 Å². The summed E-state index contributed by atoms with van der Waals surface area (Å²) in [5.41, 5.74) is 6.18. The van der Waals surface area contributed by atoms with Crippen LogP contribution in [-0.4, -0.2) is 31.5 Å². The second-order valence-electron chi connectivity index (χ2n) is 5.36. The van der Waals surface area contributed by atoms with Crippen LogP contribution in [0.25, 0.3) is 0 Å². The van der Waals surface area contributed by atoms with Crippen LogP contribution >= 0.6 is 0 Å². The molecule has 0 spiro atoms. The van der Waals surface area contributed by atoms with E-state index in [9.17, 15) is 0 Å². The molecule has 1 atom stereocenters. The molecule has 1 fully saturated rings. The van der Waals surface area contributed by atoms with Crippen LogP contribution in [-0.2, 0) is 9.47 Å². The molecule has 102 valence electrons. The maximum Gasteiger partial charge on any atom is 0.0855 e. The SMILES string of the molecule is CCCOCC(N)C1(OCC)CCC(C)CC1. The van der Waals surface area contributed by atoms with Crippen molar-refractivity contribution in [2.45, 2.75) is 64.5 Å². The van der Waals surface area contributed by atoms with E-state index in [-0.39, 0.29) is 11.6 Å². The van der Waals surface area contributed by atoms with Gasteiger partial charge in [0.1, 0.15) is 0 Å². The van der Waals surface area contributed by atoms with E-state index in [0.29, 0.717) is 6.61 Å². The van der Waals surface area contributed by atoms with Gasteiger partial charge in [0.2, 0.25) is 0 Å². The lowest BCUT2D eigenvalue weighted by Gasteiger charge is -2.43. The third kappa shape index (κ3) is 4.23. The van der Waals surface area contributed by atoms with Gasteiger partial charge in [0.25, 0.3) is 0 Å². The highest BCUT2D eigenvalue weighted by Crippen LogP contribution is 2.36. The van der Waals surface area contributed by atoms with Gasteiger partial charge in [-0.2, -0.15) is 0 Å². The first-order chi connectivity index (χ1) is 8.14. The molecule has 2 N–H and O–H groups in total. The Hall–Kier alpha value is -0.120. The van der Waals surface area contributed by atoms with Gasteiger partial charge in [-0.25, -0.2) is 0 Å². The Bertz CT molecular complexity index is 200. The lowest BCUT2D eigenvalue weighted by atomic mass is 9.75. The van der Waals surface area contributed by atoms with Gasteiger partial charge in [0, 0.05) is 13.2 Å². The van der Waals surface area contributed by atoms with E-state index in [2.05, 4.69) is 20.8 Å². The second-order valence-corrected chi connectivity index (χ2v) is 5.36. The average molecular weight is 243 g/mol. The van der Waals surface area contributed by atoms with Crippen LogP contribution < -0.4 is 5.73 Å². The van der Waals surface area contributed by atoms with Crippen LogP contribution in [0.15, 0.2) is 0 Å². The maximum absolute atomic E-state index is 6.31. The van der Waals surface area contributed by atoms with Crippen LogP contribution in [0.3, 0.4) is 0 Å². The predicted molar refractivity (Wildman–Crippen MR) is 71.1 cm³/mol. The fraction of sp³-hybridized carbons (Fsp3) is 1.00. The Morgan fingerprint density at radius 3 is 2.47 bits per heavy atom. The fourth-order valence-electron chi connectivity index (χ4n) is 2.67. The number of ether oxygens (including phenoxy) is 2. The van der Waals surface area contributed by atoms with Crippen LogP contribution in [0.2, 0.25) is 0 Å². The normalized spacial score (nSPS) is 31.4. The highest BCUT2D eigenvalue weighted by atomic mass is 16.5. The van der Waals surface area contributed by atoms with Gasteiger partial charge >= 0.3 is 0 Å². The molecule has 3 nitrogen and oxygen atoms in total. The van der Waals surface area contributed by atoms with Crippen molar-refractivity contribution >= 4 is 0 Å². The smallest absolute Gasteiger partial charge is 0.0855 e. The molecule has 0 amide bonds. The fourth-order valence-corrected chi connectivity index (χ4v) is 2.67. The van der Waals surface area contributed by atoms with Crippen molar-refractivity contribution in [2.75, 3.05) is 19.8 Å². The second kappa shape index (κ2) is 7.34. The highest BCUT2D eigenvalue weighted by molar-refractivity contribution is 4.95. The van der Waals surface area contributed by atoms with Crippen molar-refractivity contribution in [3.63, 3.8) is 0 Å².